The maximum absolute atomic E-state index is 3.77. The second kappa shape index (κ2) is 8.16. The van der Waals surface area contributed by atoms with E-state index in [1.165, 1.54) is 38.5 Å². The summed E-state index contributed by atoms with van der Waals surface area (Å²) in [7, 11) is 2.28. The fourth-order valence-electron chi connectivity index (χ4n) is 3.07. The number of nitrogens with zero attached hydrogens (tertiary/aromatic N) is 1. The molecule has 0 aromatic rings. The maximum atomic E-state index is 3.77. The summed E-state index contributed by atoms with van der Waals surface area (Å²) in [6.45, 7) is 10.5. The monoisotopic (exact) mass is 254 g/mol. The molecule has 0 radical (unpaired) electrons. The van der Waals surface area contributed by atoms with Crippen LogP contribution in [0.2, 0.25) is 0 Å². The van der Waals surface area contributed by atoms with Crippen molar-refractivity contribution in [2.24, 2.45) is 5.92 Å². The van der Waals surface area contributed by atoms with Gasteiger partial charge in [-0.1, -0.05) is 33.1 Å². The van der Waals surface area contributed by atoms with E-state index in [9.17, 15) is 0 Å². The van der Waals surface area contributed by atoms with Gasteiger partial charge < -0.3 is 5.32 Å². The average molecular weight is 254 g/mol. The molecule has 18 heavy (non-hydrogen) atoms. The van der Waals surface area contributed by atoms with Gasteiger partial charge in [-0.2, -0.15) is 0 Å². The molecule has 0 saturated heterocycles. The van der Waals surface area contributed by atoms with Crippen LogP contribution in [0.3, 0.4) is 0 Å². The van der Waals surface area contributed by atoms with Crippen molar-refractivity contribution >= 4 is 0 Å². The lowest BCUT2D eigenvalue weighted by Gasteiger charge is -2.33. The number of likely N-dealkylation sites (N-methyl/N-ethyl adjacent to an activating group) is 1. The molecule has 0 spiro atoms. The van der Waals surface area contributed by atoms with E-state index in [1.54, 1.807) is 0 Å². The van der Waals surface area contributed by atoms with Gasteiger partial charge >= 0.3 is 0 Å². The van der Waals surface area contributed by atoms with Gasteiger partial charge in [-0.05, 0) is 46.1 Å². The third-order valence-corrected chi connectivity index (χ3v) is 4.51. The van der Waals surface area contributed by atoms with Crippen molar-refractivity contribution in [2.45, 2.75) is 84.3 Å². The Bertz CT molecular complexity index is 209. The molecule has 1 rings (SSSR count). The highest BCUT2D eigenvalue weighted by Crippen LogP contribution is 2.18. The Hall–Kier alpha value is -0.0800. The second-order valence-electron chi connectivity index (χ2n) is 6.74. The second-order valence-corrected chi connectivity index (χ2v) is 6.74. The fraction of sp³-hybridized carbons (Fsp3) is 1.00. The summed E-state index contributed by atoms with van der Waals surface area (Å²) in [6, 6.07) is 2.11. The van der Waals surface area contributed by atoms with Crippen molar-refractivity contribution in [3.8, 4) is 0 Å². The topological polar surface area (TPSA) is 15.3 Å². The lowest BCUT2D eigenvalue weighted by Crippen LogP contribution is -2.45. The highest BCUT2D eigenvalue weighted by atomic mass is 15.2. The summed E-state index contributed by atoms with van der Waals surface area (Å²) < 4.78 is 0. The third kappa shape index (κ3) is 5.71. The zero-order valence-electron chi connectivity index (χ0n) is 13.2. The van der Waals surface area contributed by atoms with Gasteiger partial charge in [0.15, 0.2) is 0 Å². The van der Waals surface area contributed by atoms with Crippen LogP contribution in [-0.4, -0.2) is 36.6 Å². The molecule has 1 N–H and O–H groups in total. The summed E-state index contributed by atoms with van der Waals surface area (Å²) in [4.78, 5) is 2.54. The van der Waals surface area contributed by atoms with E-state index in [0.717, 1.165) is 18.5 Å². The van der Waals surface area contributed by atoms with Crippen LogP contribution in [0.25, 0.3) is 0 Å². The molecular weight excluding hydrogens is 220 g/mol. The van der Waals surface area contributed by atoms with Gasteiger partial charge in [0.2, 0.25) is 0 Å². The van der Waals surface area contributed by atoms with Gasteiger partial charge in [0.25, 0.3) is 0 Å². The van der Waals surface area contributed by atoms with Gasteiger partial charge in [0.1, 0.15) is 0 Å². The minimum Gasteiger partial charge on any atom is -0.312 e. The number of nitrogens with one attached hydrogen (secondary N) is 1. The van der Waals surface area contributed by atoms with Crippen LogP contribution in [-0.2, 0) is 0 Å². The van der Waals surface area contributed by atoms with Crippen LogP contribution in [0.4, 0.5) is 0 Å². The molecule has 0 aliphatic heterocycles. The SMILES string of the molecule is CC(C)CC(C)N(C)C(C)CNC1CCCCC1. The molecule has 2 nitrogen and oxygen atoms in total. The molecule has 0 aromatic carbocycles. The first-order valence-electron chi connectivity index (χ1n) is 7.96. The Morgan fingerprint density at radius 2 is 1.61 bits per heavy atom. The van der Waals surface area contributed by atoms with E-state index in [1.807, 2.05) is 0 Å². The third-order valence-electron chi connectivity index (χ3n) is 4.51. The van der Waals surface area contributed by atoms with E-state index < -0.39 is 0 Å². The standard InChI is InChI=1S/C16H34N2/c1-13(2)11-14(3)18(5)15(4)12-17-16-9-7-6-8-10-16/h13-17H,6-12H2,1-5H3. The minimum atomic E-state index is 0.640. The lowest BCUT2D eigenvalue weighted by molar-refractivity contribution is 0.166. The van der Waals surface area contributed by atoms with Crippen molar-refractivity contribution in [1.29, 1.82) is 0 Å². The largest absolute Gasteiger partial charge is 0.312 e. The maximum Gasteiger partial charge on any atom is 0.0192 e. The van der Waals surface area contributed by atoms with Crippen molar-refractivity contribution in [1.82, 2.24) is 10.2 Å². The summed E-state index contributed by atoms with van der Waals surface area (Å²) >= 11 is 0. The van der Waals surface area contributed by atoms with Crippen molar-refractivity contribution < 1.29 is 0 Å². The zero-order valence-corrected chi connectivity index (χ0v) is 13.2. The van der Waals surface area contributed by atoms with Crippen molar-refractivity contribution in [3.05, 3.63) is 0 Å². The molecule has 0 bridgehead atoms. The van der Waals surface area contributed by atoms with Crippen LogP contribution >= 0.6 is 0 Å². The molecule has 2 unspecified atom stereocenters. The summed E-state index contributed by atoms with van der Waals surface area (Å²) in [5.74, 6) is 0.793. The quantitative estimate of drug-likeness (QED) is 0.746. The van der Waals surface area contributed by atoms with E-state index >= 15 is 0 Å². The summed E-state index contributed by atoms with van der Waals surface area (Å²) in [5.41, 5.74) is 0. The van der Waals surface area contributed by atoms with Crippen molar-refractivity contribution in [2.75, 3.05) is 13.6 Å². The van der Waals surface area contributed by atoms with E-state index in [0.29, 0.717) is 12.1 Å². The number of hydrogen-bond acceptors (Lipinski definition) is 2. The first kappa shape index (κ1) is 16.0. The highest BCUT2D eigenvalue weighted by Gasteiger charge is 2.18. The van der Waals surface area contributed by atoms with E-state index in [2.05, 4.69) is 45.0 Å². The van der Waals surface area contributed by atoms with Gasteiger partial charge in [-0.15, -0.1) is 0 Å². The molecule has 1 aliphatic carbocycles. The Kier molecular flexibility index (Phi) is 7.25. The normalized spacial score (nSPS) is 21.5. The minimum absolute atomic E-state index is 0.640. The average Bonchev–Trinajstić information content (AvgIpc) is 2.35. The van der Waals surface area contributed by atoms with E-state index in [4.69, 9.17) is 0 Å². The molecule has 0 amide bonds. The Morgan fingerprint density at radius 3 is 2.17 bits per heavy atom. The van der Waals surface area contributed by atoms with Gasteiger partial charge in [-0.25, -0.2) is 0 Å². The molecule has 2 heteroatoms. The van der Waals surface area contributed by atoms with E-state index in [-0.39, 0.29) is 0 Å². The summed E-state index contributed by atoms with van der Waals surface area (Å²) in [5, 5.41) is 3.77. The molecule has 1 aliphatic rings. The van der Waals surface area contributed by atoms with Crippen LogP contribution in [0.5, 0.6) is 0 Å². The number of rotatable bonds is 7. The predicted octanol–water partition coefficient (Wildman–Crippen LogP) is 3.66. The number of hydrogen-bond donors (Lipinski definition) is 1. The van der Waals surface area contributed by atoms with Gasteiger partial charge in [0, 0.05) is 24.7 Å². The smallest absolute Gasteiger partial charge is 0.0192 e. The highest BCUT2D eigenvalue weighted by molar-refractivity contribution is 4.77. The molecule has 108 valence electrons. The van der Waals surface area contributed by atoms with Crippen LogP contribution in [0.1, 0.15) is 66.2 Å². The van der Waals surface area contributed by atoms with Crippen LogP contribution < -0.4 is 5.32 Å². The van der Waals surface area contributed by atoms with Crippen molar-refractivity contribution in [3.63, 3.8) is 0 Å². The molecular formula is C16H34N2. The predicted molar refractivity (Wildman–Crippen MR) is 81.0 cm³/mol. The first-order valence-corrected chi connectivity index (χ1v) is 7.96. The van der Waals surface area contributed by atoms with Crippen LogP contribution in [0, 0.1) is 5.92 Å². The summed E-state index contributed by atoms with van der Waals surface area (Å²) in [6.07, 6.45) is 8.36. The zero-order chi connectivity index (χ0) is 13.5. The first-order chi connectivity index (χ1) is 8.50. The molecule has 2 atom stereocenters. The molecule has 0 heterocycles. The van der Waals surface area contributed by atoms with Crippen LogP contribution in [0.15, 0.2) is 0 Å². The molecule has 1 fully saturated rings. The van der Waals surface area contributed by atoms with Gasteiger partial charge in [0.05, 0.1) is 0 Å². The Labute approximate surface area is 115 Å². The Morgan fingerprint density at radius 1 is 1.00 bits per heavy atom. The van der Waals surface area contributed by atoms with Gasteiger partial charge in [-0.3, -0.25) is 4.90 Å². The molecule has 1 saturated carbocycles. The molecule has 0 aromatic heterocycles. The Balaban J connectivity index is 2.23. The lowest BCUT2D eigenvalue weighted by atomic mass is 9.95. The fourth-order valence-corrected chi connectivity index (χ4v) is 3.07.